The summed E-state index contributed by atoms with van der Waals surface area (Å²) < 4.78 is 24.5. The summed E-state index contributed by atoms with van der Waals surface area (Å²) in [5.41, 5.74) is 6.32. The Morgan fingerprint density at radius 2 is 1.76 bits per heavy atom. The second-order valence-corrected chi connectivity index (χ2v) is 5.45. The second kappa shape index (κ2) is 7.38. The van der Waals surface area contributed by atoms with Gasteiger partial charge in [0, 0.05) is 5.56 Å². The molecule has 0 aromatic heterocycles. The molecule has 0 aliphatic rings. The molecule has 2 rings (SSSR count). The molecule has 6 heteroatoms. The van der Waals surface area contributed by atoms with E-state index in [1.54, 1.807) is 30.3 Å². The van der Waals surface area contributed by atoms with E-state index in [1.807, 2.05) is 0 Å². The first-order valence-electron chi connectivity index (χ1n) is 6.17. The molecule has 0 atom stereocenters. The number of halogens is 2. The Labute approximate surface area is 136 Å². The van der Waals surface area contributed by atoms with Crippen LogP contribution in [0.1, 0.15) is 5.56 Å². The zero-order valence-electron chi connectivity index (χ0n) is 11.0. The molecule has 0 heterocycles. The predicted octanol–water partition coefficient (Wildman–Crippen LogP) is 3.68. The topological polar surface area (TPSA) is 44.5 Å². The van der Waals surface area contributed by atoms with E-state index in [4.69, 9.17) is 27.4 Å². The Morgan fingerprint density at radius 3 is 2.38 bits per heavy atom. The normalized spacial score (nSPS) is 10.2. The van der Waals surface area contributed by atoms with E-state index in [-0.39, 0.29) is 5.82 Å². The first-order chi connectivity index (χ1) is 10.1. The van der Waals surface area contributed by atoms with Crippen molar-refractivity contribution in [1.82, 2.24) is 0 Å². The molecule has 0 unspecified atom stereocenters. The summed E-state index contributed by atoms with van der Waals surface area (Å²) in [5.74, 6) is 0.987. The molecular formula is C15H13BrFNO2S. The van der Waals surface area contributed by atoms with Crippen molar-refractivity contribution >= 4 is 33.1 Å². The van der Waals surface area contributed by atoms with Crippen molar-refractivity contribution in [3.63, 3.8) is 0 Å². The lowest BCUT2D eigenvalue weighted by Crippen LogP contribution is -2.11. The maximum Gasteiger partial charge on any atom is 0.133 e. The lowest BCUT2D eigenvalue weighted by Gasteiger charge is -2.10. The van der Waals surface area contributed by atoms with Crippen molar-refractivity contribution in [2.24, 2.45) is 5.73 Å². The minimum Gasteiger partial charge on any atom is -0.490 e. The molecule has 0 saturated carbocycles. The van der Waals surface area contributed by atoms with Crippen molar-refractivity contribution in [2.75, 3.05) is 13.2 Å². The van der Waals surface area contributed by atoms with E-state index in [2.05, 4.69) is 15.9 Å². The fraction of sp³-hybridized carbons (Fsp3) is 0.133. The highest BCUT2D eigenvalue weighted by atomic mass is 79.9. The molecule has 0 fully saturated rings. The van der Waals surface area contributed by atoms with E-state index in [0.29, 0.717) is 29.7 Å². The zero-order valence-corrected chi connectivity index (χ0v) is 13.4. The van der Waals surface area contributed by atoms with Crippen molar-refractivity contribution in [3.8, 4) is 11.5 Å². The van der Waals surface area contributed by atoms with Gasteiger partial charge in [-0.3, -0.25) is 0 Å². The molecule has 0 aliphatic heterocycles. The number of hydrogen-bond donors (Lipinski definition) is 1. The highest BCUT2D eigenvalue weighted by molar-refractivity contribution is 9.10. The first kappa shape index (κ1) is 15.7. The molecule has 0 amide bonds. The number of hydrogen-bond acceptors (Lipinski definition) is 3. The summed E-state index contributed by atoms with van der Waals surface area (Å²) in [5, 5.41) is 0. The average Bonchev–Trinajstić information content (AvgIpc) is 2.46. The van der Waals surface area contributed by atoms with Gasteiger partial charge in [0.2, 0.25) is 0 Å². The van der Waals surface area contributed by atoms with Gasteiger partial charge in [0.15, 0.2) is 0 Å². The molecule has 2 aromatic carbocycles. The van der Waals surface area contributed by atoms with Crippen molar-refractivity contribution in [3.05, 3.63) is 58.3 Å². The standard InChI is InChI=1S/C15H13BrFNO2S/c16-13-9-10(15(18)21)1-6-14(13)20-8-7-19-12-4-2-11(17)3-5-12/h1-6,9H,7-8H2,(H2,18,21). The fourth-order valence-electron chi connectivity index (χ4n) is 1.61. The summed E-state index contributed by atoms with van der Waals surface area (Å²) in [4.78, 5) is 0.335. The number of ether oxygens (including phenoxy) is 2. The van der Waals surface area contributed by atoms with E-state index in [0.717, 1.165) is 10.0 Å². The molecular weight excluding hydrogens is 357 g/mol. The largest absolute Gasteiger partial charge is 0.490 e. The molecule has 0 spiro atoms. The first-order valence-corrected chi connectivity index (χ1v) is 7.37. The Morgan fingerprint density at radius 1 is 1.10 bits per heavy atom. The minimum atomic E-state index is -0.291. The molecule has 0 radical (unpaired) electrons. The lowest BCUT2D eigenvalue weighted by molar-refractivity contribution is 0.216. The van der Waals surface area contributed by atoms with Crippen molar-refractivity contribution in [1.29, 1.82) is 0 Å². The summed E-state index contributed by atoms with van der Waals surface area (Å²) >= 11 is 8.30. The summed E-state index contributed by atoms with van der Waals surface area (Å²) in [6.45, 7) is 0.720. The molecule has 110 valence electrons. The maximum atomic E-state index is 12.7. The number of benzene rings is 2. The van der Waals surface area contributed by atoms with Crippen LogP contribution in [0.2, 0.25) is 0 Å². The lowest BCUT2D eigenvalue weighted by atomic mass is 10.2. The Kier molecular flexibility index (Phi) is 5.52. The smallest absolute Gasteiger partial charge is 0.133 e. The van der Waals surface area contributed by atoms with E-state index >= 15 is 0 Å². The summed E-state index contributed by atoms with van der Waals surface area (Å²) in [7, 11) is 0. The van der Waals surface area contributed by atoms with Gasteiger partial charge in [-0.1, -0.05) is 12.2 Å². The number of nitrogens with two attached hydrogens (primary N) is 1. The van der Waals surface area contributed by atoms with Crippen LogP contribution >= 0.6 is 28.1 Å². The van der Waals surface area contributed by atoms with Crippen LogP contribution in [0, 0.1) is 5.82 Å². The van der Waals surface area contributed by atoms with Gasteiger partial charge >= 0.3 is 0 Å². The average molecular weight is 370 g/mol. The molecule has 0 aliphatic carbocycles. The van der Waals surface area contributed by atoms with Gasteiger partial charge < -0.3 is 15.2 Å². The Balaban J connectivity index is 1.83. The molecule has 0 bridgehead atoms. The number of thiocarbonyl (C=S) groups is 1. The third-order valence-electron chi connectivity index (χ3n) is 2.64. The highest BCUT2D eigenvalue weighted by Gasteiger charge is 2.04. The van der Waals surface area contributed by atoms with Crippen LogP contribution in [0.4, 0.5) is 4.39 Å². The molecule has 2 aromatic rings. The van der Waals surface area contributed by atoms with Crippen molar-refractivity contribution < 1.29 is 13.9 Å². The summed E-state index contributed by atoms with van der Waals surface area (Å²) in [6.07, 6.45) is 0. The third kappa shape index (κ3) is 4.68. The van der Waals surface area contributed by atoms with Crippen LogP contribution in [-0.2, 0) is 0 Å². The van der Waals surface area contributed by atoms with Crippen molar-refractivity contribution in [2.45, 2.75) is 0 Å². The van der Waals surface area contributed by atoms with Crippen LogP contribution in [0.15, 0.2) is 46.9 Å². The fourth-order valence-corrected chi connectivity index (χ4v) is 2.23. The second-order valence-electron chi connectivity index (χ2n) is 4.16. The SMILES string of the molecule is NC(=S)c1ccc(OCCOc2ccc(F)cc2)c(Br)c1. The van der Waals surface area contributed by atoms with Gasteiger partial charge in [0.1, 0.15) is 35.5 Å². The molecule has 21 heavy (non-hydrogen) atoms. The quantitative estimate of drug-likeness (QED) is 0.623. The van der Waals surface area contributed by atoms with Crippen LogP contribution < -0.4 is 15.2 Å². The van der Waals surface area contributed by atoms with Gasteiger partial charge in [-0.25, -0.2) is 4.39 Å². The predicted molar refractivity (Wildman–Crippen MR) is 87.4 cm³/mol. The van der Waals surface area contributed by atoms with Crippen LogP contribution in [0.3, 0.4) is 0 Å². The van der Waals surface area contributed by atoms with E-state index < -0.39 is 0 Å². The molecule has 2 N–H and O–H groups in total. The van der Waals surface area contributed by atoms with Gasteiger partial charge in [-0.15, -0.1) is 0 Å². The van der Waals surface area contributed by atoms with Gasteiger partial charge in [0.25, 0.3) is 0 Å². The maximum absolute atomic E-state index is 12.7. The Bertz CT molecular complexity index is 634. The highest BCUT2D eigenvalue weighted by Crippen LogP contribution is 2.26. The van der Waals surface area contributed by atoms with Gasteiger partial charge in [-0.05, 0) is 58.4 Å². The van der Waals surface area contributed by atoms with E-state index in [1.165, 1.54) is 12.1 Å². The summed E-state index contributed by atoms with van der Waals surface area (Å²) in [6, 6.07) is 11.2. The molecule has 3 nitrogen and oxygen atoms in total. The monoisotopic (exact) mass is 369 g/mol. The van der Waals surface area contributed by atoms with Crippen LogP contribution in [-0.4, -0.2) is 18.2 Å². The van der Waals surface area contributed by atoms with Gasteiger partial charge in [-0.2, -0.15) is 0 Å². The minimum absolute atomic E-state index is 0.291. The molecule has 0 saturated heterocycles. The van der Waals surface area contributed by atoms with E-state index in [9.17, 15) is 4.39 Å². The zero-order chi connectivity index (χ0) is 15.2. The van der Waals surface area contributed by atoms with Crippen LogP contribution in [0.25, 0.3) is 0 Å². The van der Waals surface area contributed by atoms with Crippen LogP contribution in [0.5, 0.6) is 11.5 Å². The number of rotatable bonds is 6. The van der Waals surface area contributed by atoms with Gasteiger partial charge in [0.05, 0.1) is 4.47 Å². The Hall–Kier alpha value is -1.66. The third-order valence-corrected chi connectivity index (χ3v) is 3.50.